The molecule has 0 bridgehead atoms. The molecule has 0 spiro atoms. The van der Waals surface area contributed by atoms with Crippen LogP contribution in [-0.2, 0) is 18.3 Å². The van der Waals surface area contributed by atoms with Gasteiger partial charge in [-0.05, 0) is 44.4 Å². The zero-order valence-corrected chi connectivity index (χ0v) is 13.8. The first-order chi connectivity index (χ1) is 11.0. The van der Waals surface area contributed by atoms with E-state index in [1.54, 1.807) is 6.07 Å². The zero-order chi connectivity index (χ0) is 16.6. The minimum atomic E-state index is -0.249. The standard InChI is InChI=1S/C18H22FN3O/c1-12-16(13(2)21(3)20-12)11-18(23)22-9-5-8-17(22)14-6-4-7-15(19)10-14/h4,6-7,10,17H,5,8-9,11H2,1-3H3. The normalized spacial score (nSPS) is 17.7. The smallest absolute Gasteiger partial charge is 0.227 e. The van der Waals surface area contributed by atoms with Gasteiger partial charge in [-0.2, -0.15) is 5.10 Å². The predicted molar refractivity (Wildman–Crippen MR) is 86.5 cm³/mol. The highest BCUT2D eigenvalue weighted by molar-refractivity contribution is 5.80. The van der Waals surface area contributed by atoms with Gasteiger partial charge < -0.3 is 4.90 Å². The zero-order valence-electron chi connectivity index (χ0n) is 13.8. The summed E-state index contributed by atoms with van der Waals surface area (Å²) in [4.78, 5) is 14.7. The number of rotatable bonds is 3. The van der Waals surface area contributed by atoms with E-state index in [4.69, 9.17) is 0 Å². The largest absolute Gasteiger partial charge is 0.335 e. The Kier molecular flexibility index (Phi) is 4.20. The van der Waals surface area contributed by atoms with Gasteiger partial charge in [-0.3, -0.25) is 9.48 Å². The third-order valence-electron chi connectivity index (χ3n) is 4.79. The minimum absolute atomic E-state index is 0.0181. The molecule has 0 radical (unpaired) electrons. The van der Waals surface area contributed by atoms with Crippen LogP contribution in [0.2, 0.25) is 0 Å². The third kappa shape index (κ3) is 3.00. The first kappa shape index (κ1) is 15.7. The number of carbonyl (C=O) groups excluding carboxylic acids is 1. The van der Waals surface area contributed by atoms with Crippen molar-refractivity contribution in [2.45, 2.75) is 39.2 Å². The topological polar surface area (TPSA) is 38.1 Å². The summed E-state index contributed by atoms with van der Waals surface area (Å²) in [6, 6.07) is 6.57. The van der Waals surface area contributed by atoms with Gasteiger partial charge in [0.15, 0.2) is 0 Å². The number of benzene rings is 1. The highest BCUT2D eigenvalue weighted by atomic mass is 19.1. The van der Waals surface area contributed by atoms with E-state index in [9.17, 15) is 9.18 Å². The summed E-state index contributed by atoms with van der Waals surface area (Å²) in [5.74, 6) is -0.156. The number of halogens is 1. The van der Waals surface area contributed by atoms with Crippen LogP contribution in [-0.4, -0.2) is 27.1 Å². The van der Waals surface area contributed by atoms with Gasteiger partial charge in [0.25, 0.3) is 0 Å². The summed E-state index contributed by atoms with van der Waals surface area (Å²) in [5, 5.41) is 4.38. The number of aromatic nitrogens is 2. The second-order valence-electron chi connectivity index (χ2n) is 6.25. The van der Waals surface area contributed by atoms with Gasteiger partial charge in [-0.1, -0.05) is 12.1 Å². The number of nitrogens with zero attached hydrogens (tertiary/aromatic N) is 3. The number of carbonyl (C=O) groups is 1. The van der Waals surface area contributed by atoms with E-state index < -0.39 is 0 Å². The Labute approximate surface area is 135 Å². The number of hydrogen-bond donors (Lipinski definition) is 0. The van der Waals surface area contributed by atoms with E-state index in [0.717, 1.165) is 41.9 Å². The van der Waals surface area contributed by atoms with Crippen LogP contribution in [0.1, 0.15) is 41.4 Å². The third-order valence-corrected chi connectivity index (χ3v) is 4.79. The van der Waals surface area contributed by atoms with E-state index >= 15 is 0 Å². The molecule has 0 saturated carbocycles. The van der Waals surface area contributed by atoms with Gasteiger partial charge >= 0.3 is 0 Å². The van der Waals surface area contributed by atoms with Crippen molar-refractivity contribution in [2.24, 2.45) is 7.05 Å². The average molecular weight is 315 g/mol. The first-order valence-corrected chi connectivity index (χ1v) is 8.01. The molecule has 0 aliphatic carbocycles. The van der Waals surface area contributed by atoms with Crippen LogP contribution in [0.25, 0.3) is 0 Å². The SMILES string of the molecule is Cc1nn(C)c(C)c1CC(=O)N1CCCC1c1cccc(F)c1. The summed E-state index contributed by atoms with van der Waals surface area (Å²) in [6.07, 6.45) is 2.20. The maximum Gasteiger partial charge on any atom is 0.227 e. The van der Waals surface area contributed by atoms with Crippen LogP contribution in [0.3, 0.4) is 0 Å². The molecule has 122 valence electrons. The summed E-state index contributed by atoms with van der Waals surface area (Å²) in [5.41, 5.74) is 3.81. The molecular formula is C18H22FN3O. The summed E-state index contributed by atoms with van der Waals surface area (Å²) in [6.45, 7) is 4.65. The monoisotopic (exact) mass is 315 g/mol. The van der Waals surface area contributed by atoms with Crippen LogP contribution in [0.15, 0.2) is 24.3 Å². The van der Waals surface area contributed by atoms with E-state index in [0.29, 0.717) is 6.42 Å². The molecule has 1 saturated heterocycles. The fourth-order valence-electron chi connectivity index (χ4n) is 3.45. The van der Waals surface area contributed by atoms with Crippen LogP contribution < -0.4 is 0 Å². The van der Waals surface area contributed by atoms with Gasteiger partial charge in [0, 0.05) is 24.8 Å². The van der Waals surface area contributed by atoms with Crippen LogP contribution in [0.4, 0.5) is 4.39 Å². The Morgan fingerprint density at radius 3 is 2.83 bits per heavy atom. The Bertz CT molecular complexity index is 738. The molecule has 23 heavy (non-hydrogen) atoms. The van der Waals surface area contributed by atoms with Crippen molar-refractivity contribution >= 4 is 5.91 Å². The molecule has 1 aliphatic rings. The molecular weight excluding hydrogens is 293 g/mol. The summed E-state index contributed by atoms with van der Waals surface area (Å²) in [7, 11) is 1.89. The van der Waals surface area contributed by atoms with Gasteiger partial charge in [0.1, 0.15) is 5.82 Å². The van der Waals surface area contributed by atoms with Crippen molar-refractivity contribution in [1.29, 1.82) is 0 Å². The second kappa shape index (κ2) is 6.14. The summed E-state index contributed by atoms with van der Waals surface area (Å²) >= 11 is 0. The molecule has 2 heterocycles. The van der Waals surface area contributed by atoms with Crippen molar-refractivity contribution < 1.29 is 9.18 Å². The Morgan fingerprint density at radius 1 is 1.39 bits per heavy atom. The van der Waals surface area contributed by atoms with Crippen LogP contribution in [0.5, 0.6) is 0 Å². The lowest BCUT2D eigenvalue weighted by atomic mass is 10.0. The number of likely N-dealkylation sites (tertiary alicyclic amines) is 1. The highest BCUT2D eigenvalue weighted by Gasteiger charge is 2.30. The molecule has 1 amide bonds. The lowest BCUT2D eigenvalue weighted by Crippen LogP contribution is -2.32. The predicted octanol–water partition coefficient (Wildman–Crippen LogP) is 3.08. The lowest BCUT2D eigenvalue weighted by Gasteiger charge is -2.25. The quantitative estimate of drug-likeness (QED) is 0.873. The Balaban J connectivity index is 1.81. The molecule has 2 aromatic rings. The van der Waals surface area contributed by atoms with Gasteiger partial charge in [0.2, 0.25) is 5.91 Å². The van der Waals surface area contributed by atoms with E-state index in [2.05, 4.69) is 5.10 Å². The second-order valence-corrected chi connectivity index (χ2v) is 6.25. The molecule has 4 nitrogen and oxygen atoms in total. The Hall–Kier alpha value is -2.17. The number of aryl methyl sites for hydroxylation is 2. The lowest BCUT2D eigenvalue weighted by molar-refractivity contribution is -0.131. The first-order valence-electron chi connectivity index (χ1n) is 8.01. The average Bonchev–Trinajstić information content (AvgIpc) is 3.08. The van der Waals surface area contributed by atoms with E-state index in [1.807, 2.05) is 36.5 Å². The van der Waals surface area contributed by atoms with Crippen LogP contribution >= 0.6 is 0 Å². The maximum atomic E-state index is 13.5. The molecule has 3 rings (SSSR count). The molecule has 1 atom stereocenters. The Morgan fingerprint density at radius 2 is 2.17 bits per heavy atom. The molecule has 1 aliphatic heterocycles. The molecule has 1 fully saturated rings. The van der Waals surface area contributed by atoms with Gasteiger partial charge in [-0.25, -0.2) is 4.39 Å². The molecule has 5 heteroatoms. The molecule has 1 aromatic carbocycles. The molecule has 1 aromatic heterocycles. The number of amides is 1. The van der Waals surface area contributed by atoms with Crippen molar-refractivity contribution in [3.8, 4) is 0 Å². The van der Waals surface area contributed by atoms with Gasteiger partial charge in [-0.15, -0.1) is 0 Å². The molecule has 0 N–H and O–H groups in total. The fourth-order valence-corrected chi connectivity index (χ4v) is 3.45. The summed E-state index contributed by atoms with van der Waals surface area (Å²) < 4.78 is 15.3. The van der Waals surface area contributed by atoms with Crippen molar-refractivity contribution in [3.63, 3.8) is 0 Å². The van der Waals surface area contributed by atoms with Gasteiger partial charge in [0.05, 0.1) is 18.2 Å². The van der Waals surface area contributed by atoms with Crippen LogP contribution in [0, 0.1) is 19.7 Å². The number of hydrogen-bond acceptors (Lipinski definition) is 2. The van der Waals surface area contributed by atoms with Crippen molar-refractivity contribution in [3.05, 3.63) is 52.6 Å². The van der Waals surface area contributed by atoms with Crippen molar-refractivity contribution in [1.82, 2.24) is 14.7 Å². The van der Waals surface area contributed by atoms with E-state index in [1.165, 1.54) is 12.1 Å². The minimum Gasteiger partial charge on any atom is -0.335 e. The fraction of sp³-hybridized carbons (Fsp3) is 0.444. The van der Waals surface area contributed by atoms with E-state index in [-0.39, 0.29) is 17.8 Å². The highest BCUT2D eigenvalue weighted by Crippen LogP contribution is 2.33. The maximum absolute atomic E-state index is 13.5. The van der Waals surface area contributed by atoms with Crippen molar-refractivity contribution in [2.75, 3.05) is 6.54 Å². The molecule has 1 unspecified atom stereocenters.